The third-order valence-electron chi connectivity index (χ3n) is 4.75. The fourth-order valence-corrected chi connectivity index (χ4v) is 3.50. The Morgan fingerprint density at radius 1 is 1.42 bits per heavy atom. The molecule has 5 atom stereocenters. The first-order valence-electron chi connectivity index (χ1n) is 7.76. The van der Waals surface area contributed by atoms with Gasteiger partial charge in [0.05, 0.1) is 6.10 Å². The minimum Gasteiger partial charge on any atom is -0.392 e. The highest BCUT2D eigenvalue weighted by Gasteiger charge is 2.43. The van der Waals surface area contributed by atoms with Crippen molar-refractivity contribution in [3.8, 4) is 0 Å². The third-order valence-corrected chi connectivity index (χ3v) is 4.75. The molecule has 0 saturated heterocycles. The van der Waals surface area contributed by atoms with E-state index in [1.54, 1.807) is 0 Å². The molecule has 0 aliphatic heterocycles. The highest BCUT2D eigenvalue weighted by Crippen LogP contribution is 2.35. The molecule has 0 spiro atoms. The van der Waals surface area contributed by atoms with E-state index in [1.165, 1.54) is 12.8 Å². The third kappa shape index (κ3) is 4.22. The van der Waals surface area contributed by atoms with Gasteiger partial charge >= 0.3 is 0 Å². The van der Waals surface area contributed by atoms with Gasteiger partial charge in [0.2, 0.25) is 0 Å². The van der Waals surface area contributed by atoms with Crippen molar-refractivity contribution in [2.75, 3.05) is 0 Å². The number of nitrogens with one attached hydrogen (secondary N) is 1. The topological polar surface area (TPSA) is 58.3 Å². The fraction of sp³-hybridized carbons (Fsp3) is 0.875. The molecule has 3 nitrogen and oxygen atoms in total. The van der Waals surface area contributed by atoms with Gasteiger partial charge in [0.25, 0.3) is 0 Å². The Labute approximate surface area is 118 Å². The van der Waals surface area contributed by atoms with Gasteiger partial charge in [-0.3, -0.25) is 0 Å². The maximum absolute atomic E-state index is 10.4. The Kier molecular flexibility index (Phi) is 6.34. The predicted octanol–water partition coefficient (Wildman–Crippen LogP) is 2.65. The van der Waals surface area contributed by atoms with Crippen LogP contribution in [0.2, 0.25) is 0 Å². The zero-order valence-corrected chi connectivity index (χ0v) is 13.0. The lowest BCUT2D eigenvalue weighted by Crippen LogP contribution is -2.46. The molecular weight excluding hydrogens is 236 g/mol. The van der Waals surface area contributed by atoms with Gasteiger partial charge in [-0.15, -0.1) is 0 Å². The van der Waals surface area contributed by atoms with Crippen molar-refractivity contribution in [2.45, 2.75) is 71.6 Å². The second kappa shape index (κ2) is 7.30. The number of hydrogen-bond donors (Lipinski definition) is 3. The summed E-state index contributed by atoms with van der Waals surface area (Å²) in [7, 11) is 0. The van der Waals surface area contributed by atoms with E-state index < -0.39 is 0 Å². The van der Waals surface area contributed by atoms with Crippen molar-refractivity contribution in [2.24, 2.45) is 23.5 Å². The number of aliphatic hydroxyl groups is 1. The van der Waals surface area contributed by atoms with Gasteiger partial charge in [-0.25, -0.2) is 0 Å². The van der Waals surface area contributed by atoms with E-state index in [1.807, 2.05) is 6.92 Å². The maximum Gasteiger partial charge on any atom is 0.0629 e. The minimum atomic E-state index is -0.291. The highest BCUT2D eigenvalue weighted by atomic mass is 16.3. The standard InChI is InChI=1S/C16H32N2O/c1-6-12(7-2)9-13(17)15-14(18-10(3)4)8-11(5)16(15)19/h11-16,18-19H,3,6-9,17H2,1-2,4-5H3. The molecule has 1 rings (SSSR count). The number of rotatable bonds is 7. The van der Waals surface area contributed by atoms with E-state index in [9.17, 15) is 5.11 Å². The Balaban J connectivity index is 2.71. The molecule has 1 fully saturated rings. The number of aliphatic hydroxyl groups excluding tert-OH is 1. The summed E-state index contributed by atoms with van der Waals surface area (Å²) in [6.45, 7) is 12.4. The fourth-order valence-electron chi connectivity index (χ4n) is 3.50. The normalized spacial score (nSPS) is 32.6. The molecular formula is C16H32N2O. The summed E-state index contributed by atoms with van der Waals surface area (Å²) in [5.41, 5.74) is 7.38. The molecule has 0 aromatic carbocycles. The molecule has 0 radical (unpaired) electrons. The van der Waals surface area contributed by atoms with Gasteiger partial charge in [0.1, 0.15) is 0 Å². The van der Waals surface area contributed by atoms with Crippen LogP contribution in [0.5, 0.6) is 0 Å². The van der Waals surface area contributed by atoms with Crippen molar-refractivity contribution < 1.29 is 5.11 Å². The van der Waals surface area contributed by atoms with Crippen molar-refractivity contribution in [1.82, 2.24) is 5.32 Å². The molecule has 0 aromatic rings. The summed E-state index contributed by atoms with van der Waals surface area (Å²) < 4.78 is 0. The van der Waals surface area contributed by atoms with Gasteiger partial charge in [-0.05, 0) is 31.6 Å². The van der Waals surface area contributed by atoms with Crippen LogP contribution in [0, 0.1) is 17.8 Å². The van der Waals surface area contributed by atoms with Crippen LogP contribution in [0.25, 0.3) is 0 Å². The van der Waals surface area contributed by atoms with Crippen LogP contribution in [0.3, 0.4) is 0 Å². The molecule has 0 bridgehead atoms. The van der Waals surface area contributed by atoms with Crippen LogP contribution in [-0.4, -0.2) is 23.3 Å². The van der Waals surface area contributed by atoms with Gasteiger partial charge in [-0.1, -0.05) is 40.2 Å². The summed E-state index contributed by atoms with van der Waals surface area (Å²) in [4.78, 5) is 0. The molecule has 1 aliphatic rings. The molecule has 4 N–H and O–H groups in total. The molecule has 0 aromatic heterocycles. The Hall–Kier alpha value is -0.540. The van der Waals surface area contributed by atoms with Crippen LogP contribution >= 0.6 is 0 Å². The van der Waals surface area contributed by atoms with Crippen LogP contribution in [-0.2, 0) is 0 Å². The van der Waals surface area contributed by atoms with Crippen molar-refractivity contribution in [1.29, 1.82) is 0 Å². The average Bonchev–Trinajstić information content (AvgIpc) is 2.60. The number of hydrogen-bond acceptors (Lipinski definition) is 3. The predicted molar refractivity (Wildman–Crippen MR) is 81.7 cm³/mol. The monoisotopic (exact) mass is 268 g/mol. The second-order valence-electron chi connectivity index (χ2n) is 6.39. The molecule has 0 heterocycles. The summed E-state index contributed by atoms with van der Waals surface area (Å²) in [6, 6.07) is 0.341. The van der Waals surface area contributed by atoms with E-state index in [0.717, 1.165) is 18.5 Å². The largest absolute Gasteiger partial charge is 0.392 e. The zero-order valence-electron chi connectivity index (χ0n) is 13.0. The first kappa shape index (κ1) is 16.5. The first-order chi connectivity index (χ1) is 8.90. The lowest BCUT2D eigenvalue weighted by molar-refractivity contribution is 0.0754. The molecule has 1 saturated carbocycles. The second-order valence-corrected chi connectivity index (χ2v) is 6.39. The molecule has 5 unspecified atom stereocenters. The van der Waals surface area contributed by atoms with Gasteiger partial charge in [-0.2, -0.15) is 0 Å². The van der Waals surface area contributed by atoms with Crippen molar-refractivity contribution in [3.05, 3.63) is 12.3 Å². The number of allylic oxidation sites excluding steroid dienone is 1. The first-order valence-corrected chi connectivity index (χ1v) is 7.76. The van der Waals surface area contributed by atoms with E-state index in [-0.39, 0.29) is 24.1 Å². The Morgan fingerprint density at radius 2 is 2.00 bits per heavy atom. The van der Waals surface area contributed by atoms with Crippen molar-refractivity contribution >= 4 is 0 Å². The molecule has 19 heavy (non-hydrogen) atoms. The summed E-state index contributed by atoms with van der Waals surface area (Å²) in [5.74, 6) is 1.13. The zero-order chi connectivity index (χ0) is 14.6. The summed E-state index contributed by atoms with van der Waals surface area (Å²) >= 11 is 0. The molecule has 1 aliphatic carbocycles. The van der Waals surface area contributed by atoms with Crippen LogP contribution < -0.4 is 11.1 Å². The van der Waals surface area contributed by atoms with Gasteiger partial charge in [0.15, 0.2) is 0 Å². The van der Waals surface area contributed by atoms with E-state index in [2.05, 4.69) is 32.7 Å². The number of nitrogens with two attached hydrogens (primary N) is 1. The van der Waals surface area contributed by atoms with Crippen molar-refractivity contribution in [3.63, 3.8) is 0 Å². The van der Waals surface area contributed by atoms with Gasteiger partial charge < -0.3 is 16.2 Å². The Bertz CT molecular complexity index is 288. The lowest BCUT2D eigenvalue weighted by Gasteiger charge is -2.31. The minimum absolute atomic E-state index is 0.0710. The van der Waals surface area contributed by atoms with Crippen LogP contribution in [0.1, 0.15) is 53.4 Å². The van der Waals surface area contributed by atoms with Crippen LogP contribution in [0.15, 0.2) is 12.3 Å². The maximum atomic E-state index is 10.4. The van der Waals surface area contributed by atoms with Gasteiger partial charge in [0, 0.05) is 23.7 Å². The van der Waals surface area contributed by atoms with Crippen LogP contribution in [0.4, 0.5) is 0 Å². The Morgan fingerprint density at radius 3 is 2.47 bits per heavy atom. The molecule has 0 amide bonds. The lowest BCUT2D eigenvalue weighted by atomic mass is 9.84. The summed E-state index contributed by atoms with van der Waals surface area (Å²) in [5, 5.41) is 13.8. The SMILES string of the molecule is C=C(C)NC1CC(C)C(O)C1C(N)CC(CC)CC. The smallest absolute Gasteiger partial charge is 0.0629 e. The average molecular weight is 268 g/mol. The van der Waals surface area contributed by atoms with E-state index in [0.29, 0.717) is 11.8 Å². The van der Waals surface area contributed by atoms with E-state index in [4.69, 9.17) is 5.73 Å². The van der Waals surface area contributed by atoms with E-state index >= 15 is 0 Å². The molecule has 112 valence electrons. The summed E-state index contributed by atoms with van der Waals surface area (Å²) in [6.07, 6.45) is 4.04. The quantitative estimate of drug-likeness (QED) is 0.665. The highest BCUT2D eigenvalue weighted by molar-refractivity contribution is 5.02. The molecule has 3 heteroatoms.